The molecule has 3 atom stereocenters. The van der Waals surface area contributed by atoms with Crippen LogP contribution in [0.5, 0.6) is 5.75 Å². The largest absolute Gasteiger partial charge is 0.485 e. The first-order valence-corrected chi connectivity index (χ1v) is 12.1. The van der Waals surface area contributed by atoms with Gasteiger partial charge in [0, 0.05) is 33.1 Å². The molecule has 1 saturated carbocycles. The molecule has 1 heterocycles. The summed E-state index contributed by atoms with van der Waals surface area (Å²) in [6.07, 6.45) is 4.27. The topological polar surface area (TPSA) is 96.4 Å². The maximum Gasteiger partial charge on any atom is 0.146 e. The highest BCUT2D eigenvalue weighted by atomic mass is 32.2. The molecule has 164 valence electrons. The molecule has 0 saturated heterocycles. The number of ether oxygens (including phenoxy) is 1. The van der Waals surface area contributed by atoms with Crippen molar-refractivity contribution in [2.24, 2.45) is 0 Å². The van der Waals surface area contributed by atoms with Crippen LogP contribution in [0.2, 0.25) is 0 Å². The van der Waals surface area contributed by atoms with Gasteiger partial charge in [-0.25, -0.2) is 18.6 Å². The van der Waals surface area contributed by atoms with Crippen LogP contribution in [-0.4, -0.2) is 43.6 Å². The summed E-state index contributed by atoms with van der Waals surface area (Å²) in [5.74, 6) is 4.04. The molecule has 1 aliphatic rings. The van der Waals surface area contributed by atoms with E-state index < -0.39 is 21.6 Å². The lowest BCUT2D eigenvalue weighted by molar-refractivity contribution is 0.0607. The quantitative estimate of drug-likeness (QED) is 0.501. The zero-order valence-electron chi connectivity index (χ0n) is 17.4. The zero-order chi connectivity index (χ0) is 22.2. The number of aromatic nitrogens is 2. The summed E-state index contributed by atoms with van der Waals surface area (Å²) in [6, 6.07) is 7.85. The van der Waals surface area contributed by atoms with Crippen molar-refractivity contribution >= 4 is 43.7 Å². The molecule has 1 aliphatic carbocycles. The third-order valence-electron chi connectivity index (χ3n) is 5.16. The lowest BCUT2D eigenvalue weighted by Crippen LogP contribution is -2.26. The molecule has 4 rings (SSSR count). The molecule has 0 radical (unpaired) electrons. The van der Waals surface area contributed by atoms with Crippen molar-refractivity contribution in [3.05, 3.63) is 48.0 Å². The normalized spacial score (nSPS) is 20.4. The van der Waals surface area contributed by atoms with Gasteiger partial charge in [0.25, 0.3) is 0 Å². The van der Waals surface area contributed by atoms with Crippen LogP contribution in [0.25, 0.3) is 10.9 Å². The molecule has 7 nitrogen and oxygen atoms in total. The molecule has 3 aromatic rings. The van der Waals surface area contributed by atoms with Gasteiger partial charge in [-0.15, -0.1) is 0 Å². The third kappa shape index (κ3) is 4.88. The minimum absolute atomic E-state index is 0.316. The highest BCUT2D eigenvalue weighted by Crippen LogP contribution is 2.35. The third-order valence-corrected chi connectivity index (χ3v) is 5.83. The monoisotopic (exact) mass is 444 g/mol. The summed E-state index contributed by atoms with van der Waals surface area (Å²) in [4.78, 5) is 8.70. The van der Waals surface area contributed by atoms with Gasteiger partial charge in [0.15, 0.2) is 0 Å². The van der Waals surface area contributed by atoms with Crippen molar-refractivity contribution in [2.45, 2.75) is 38.4 Å². The van der Waals surface area contributed by atoms with Crippen LogP contribution in [0, 0.1) is 12.7 Å². The molecule has 0 bridgehead atoms. The van der Waals surface area contributed by atoms with Crippen LogP contribution in [0.15, 0.2) is 36.7 Å². The van der Waals surface area contributed by atoms with Crippen LogP contribution in [0.3, 0.4) is 0 Å². The Bertz CT molecular complexity index is 1230. The fourth-order valence-electron chi connectivity index (χ4n) is 3.83. The van der Waals surface area contributed by atoms with Gasteiger partial charge in [-0.1, -0.05) is 0 Å². The predicted molar refractivity (Wildman–Crippen MR) is 123 cm³/mol. The highest BCUT2D eigenvalue weighted by molar-refractivity contribution is 8.00. The van der Waals surface area contributed by atoms with Gasteiger partial charge in [0.1, 0.15) is 29.8 Å². The van der Waals surface area contributed by atoms with E-state index in [-0.39, 0.29) is 6.10 Å². The molecule has 3 N–H and O–H groups in total. The van der Waals surface area contributed by atoms with Crippen LogP contribution in [0.4, 0.5) is 21.6 Å². The molecule has 31 heavy (non-hydrogen) atoms. The lowest BCUT2D eigenvalue weighted by atomic mass is 10.1. The SMILES string of the molecule is C=S(C)(=O)Nc1cc(C)c2c(Nc3ccc(F)cc3OC3CCCC3O)ncnc2c1. The summed E-state index contributed by atoms with van der Waals surface area (Å²) in [5.41, 5.74) is 2.71. The predicted octanol–water partition coefficient (Wildman–Crippen LogP) is 3.79. The minimum atomic E-state index is -2.43. The van der Waals surface area contributed by atoms with Gasteiger partial charge in [0.2, 0.25) is 0 Å². The van der Waals surface area contributed by atoms with Gasteiger partial charge in [-0.3, -0.25) is 0 Å². The number of anilines is 3. The number of aliphatic hydroxyl groups is 1. The van der Waals surface area contributed by atoms with Crippen molar-refractivity contribution in [3.63, 3.8) is 0 Å². The number of fused-ring (bicyclic) bond motifs is 1. The van der Waals surface area contributed by atoms with Crippen LogP contribution in [0.1, 0.15) is 24.8 Å². The van der Waals surface area contributed by atoms with Crippen LogP contribution < -0.4 is 14.8 Å². The van der Waals surface area contributed by atoms with E-state index in [2.05, 4.69) is 25.9 Å². The van der Waals surface area contributed by atoms with E-state index in [4.69, 9.17) is 4.74 Å². The van der Waals surface area contributed by atoms with Crippen molar-refractivity contribution in [3.8, 4) is 5.75 Å². The summed E-state index contributed by atoms with van der Waals surface area (Å²) in [6.45, 7) is 1.90. The first kappa shape index (κ1) is 21.3. The van der Waals surface area contributed by atoms with Gasteiger partial charge in [0.05, 0.1) is 17.3 Å². The molecule has 9 heteroatoms. The Labute approximate surface area is 180 Å². The second-order valence-corrected chi connectivity index (χ2v) is 10.2. The summed E-state index contributed by atoms with van der Waals surface area (Å²) < 4.78 is 34.8. The summed E-state index contributed by atoms with van der Waals surface area (Å²) >= 11 is 0. The number of aryl methyl sites for hydroxylation is 1. The van der Waals surface area contributed by atoms with E-state index in [0.29, 0.717) is 34.9 Å². The first-order chi connectivity index (χ1) is 14.7. The number of hydrogen-bond donors (Lipinski definition) is 3. The van der Waals surface area contributed by atoms with Gasteiger partial charge >= 0.3 is 0 Å². The van der Waals surface area contributed by atoms with E-state index in [9.17, 15) is 13.7 Å². The van der Waals surface area contributed by atoms with Crippen molar-refractivity contribution < 1.29 is 18.4 Å². The number of nitrogens with zero attached hydrogens (tertiary/aromatic N) is 2. The first-order valence-electron chi connectivity index (χ1n) is 9.96. The number of rotatable bonds is 6. The fourth-order valence-corrected chi connectivity index (χ4v) is 4.44. The van der Waals surface area contributed by atoms with E-state index in [0.717, 1.165) is 23.8 Å². The van der Waals surface area contributed by atoms with Crippen molar-refractivity contribution in [1.82, 2.24) is 9.97 Å². The molecule has 1 fully saturated rings. The van der Waals surface area contributed by atoms with E-state index >= 15 is 0 Å². The van der Waals surface area contributed by atoms with Crippen LogP contribution in [-0.2, 0) is 9.71 Å². The number of halogens is 1. The van der Waals surface area contributed by atoms with Crippen LogP contribution >= 0.6 is 0 Å². The molecule has 0 amide bonds. The minimum Gasteiger partial charge on any atom is -0.485 e. The molecule has 3 unspecified atom stereocenters. The Morgan fingerprint density at radius 2 is 2.06 bits per heavy atom. The number of hydrogen-bond acceptors (Lipinski definition) is 6. The smallest absolute Gasteiger partial charge is 0.146 e. The molecular formula is C22H25FN4O3S. The molecule has 2 aromatic carbocycles. The average Bonchev–Trinajstić information content (AvgIpc) is 3.07. The average molecular weight is 445 g/mol. The molecule has 0 aliphatic heterocycles. The molecular weight excluding hydrogens is 419 g/mol. The number of aliphatic hydroxyl groups excluding tert-OH is 1. The standard InChI is InChI=1S/C22H25FN4O3S/c1-13-9-15(27-31(2,3)29)11-17-21(13)22(25-12-24-17)26-16-8-7-14(23)10-20(16)30-19-6-4-5-18(19)28/h7-12,18-19,28H,2,4-6H2,1,3H3,(H,27,29)(H,24,25,26). The van der Waals surface area contributed by atoms with Gasteiger partial charge < -0.3 is 19.9 Å². The van der Waals surface area contributed by atoms with Crippen molar-refractivity contribution in [1.29, 1.82) is 0 Å². The maximum absolute atomic E-state index is 13.9. The summed E-state index contributed by atoms with van der Waals surface area (Å²) in [7, 11) is -2.43. The fraction of sp³-hybridized carbons (Fsp3) is 0.318. The Morgan fingerprint density at radius 3 is 2.77 bits per heavy atom. The zero-order valence-corrected chi connectivity index (χ0v) is 18.2. The highest BCUT2D eigenvalue weighted by Gasteiger charge is 2.28. The maximum atomic E-state index is 13.9. The molecule has 1 aromatic heterocycles. The second kappa shape index (κ2) is 8.32. The number of benzene rings is 2. The van der Waals surface area contributed by atoms with Gasteiger partial charge in [-0.05, 0) is 61.9 Å². The Kier molecular flexibility index (Phi) is 5.72. The lowest BCUT2D eigenvalue weighted by Gasteiger charge is -2.20. The number of nitrogens with one attached hydrogen (secondary N) is 2. The Balaban J connectivity index is 1.70. The van der Waals surface area contributed by atoms with E-state index in [1.807, 2.05) is 13.0 Å². The van der Waals surface area contributed by atoms with Crippen molar-refractivity contribution in [2.75, 3.05) is 16.3 Å². The second-order valence-electron chi connectivity index (χ2n) is 7.94. The Morgan fingerprint density at radius 1 is 1.26 bits per heavy atom. The van der Waals surface area contributed by atoms with E-state index in [1.54, 1.807) is 12.1 Å². The van der Waals surface area contributed by atoms with Gasteiger partial charge in [-0.2, -0.15) is 0 Å². The Hall–Kier alpha value is -2.91. The summed E-state index contributed by atoms with van der Waals surface area (Å²) in [5, 5.41) is 14.1. The molecule has 0 spiro atoms. The van der Waals surface area contributed by atoms with E-state index in [1.165, 1.54) is 24.7 Å².